The number of aliphatic hydroxyl groups is 1. The maximum atomic E-state index is 11.5. The fraction of sp³-hybridized carbons (Fsp3) is 0.269. The van der Waals surface area contributed by atoms with Gasteiger partial charge in [0, 0.05) is 36.7 Å². The molecule has 0 spiro atoms. The predicted octanol–water partition coefficient (Wildman–Crippen LogP) is 4.03. The molecule has 0 aliphatic carbocycles. The zero-order valence-corrected chi connectivity index (χ0v) is 19.9. The lowest BCUT2D eigenvalue weighted by molar-refractivity contribution is -0.107. The zero-order valence-electron chi connectivity index (χ0n) is 19.1. The highest BCUT2D eigenvalue weighted by Crippen LogP contribution is 2.65. The average Bonchev–Trinajstić information content (AvgIpc) is 3.41. The molecule has 3 aromatic heterocycles. The standard InChI is InChI=1S/C26H21ClN4O5/c1-25-18(32)11-26(36-25,8-10-35-19-7-5-15(27)13-30-19)21-20(25)23(33)31(24(21)34)17-6-4-14(12-28)22-16(17)3-2-9-29-22/h2-7,9,13,18,32-34H,8,10-11H2,1H3/t18?,25-,26+/m0/s1. The van der Waals surface area contributed by atoms with Crippen LogP contribution in [0.15, 0.2) is 48.8 Å². The van der Waals surface area contributed by atoms with Crippen LogP contribution in [-0.4, -0.2) is 42.6 Å². The van der Waals surface area contributed by atoms with Crippen LogP contribution < -0.4 is 4.74 Å². The van der Waals surface area contributed by atoms with E-state index in [1.165, 1.54) is 10.8 Å². The Morgan fingerprint density at radius 2 is 2.00 bits per heavy atom. The summed E-state index contributed by atoms with van der Waals surface area (Å²) in [5, 5.41) is 44.4. The van der Waals surface area contributed by atoms with Crippen molar-refractivity contribution in [2.24, 2.45) is 0 Å². The molecular weight excluding hydrogens is 484 g/mol. The monoisotopic (exact) mass is 504 g/mol. The summed E-state index contributed by atoms with van der Waals surface area (Å²) in [6, 6.07) is 12.2. The third kappa shape index (κ3) is 3.02. The molecule has 1 fully saturated rings. The molecule has 0 amide bonds. The predicted molar refractivity (Wildman–Crippen MR) is 129 cm³/mol. The summed E-state index contributed by atoms with van der Waals surface area (Å²) in [4.78, 5) is 8.45. The molecule has 6 rings (SSSR count). The van der Waals surface area contributed by atoms with Crippen molar-refractivity contribution >= 4 is 22.5 Å². The molecule has 9 nitrogen and oxygen atoms in total. The van der Waals surface area contributed by atoms with Gasteiger partial charge in [-0.2, -0.15) is 5.26 Å². The van der Waals surface area contributed by atoms with E-state index >= 15 is 0 Å². The summed E-state index contributed by atoms with van der Waals surface area (Å²) in [5.41, 5.74) is -0.259. The third-order valence-corrected chi connectivity index (χ3v) is 7.43. The molecule has 2 aliphatic heterocycles. The van der Waals surface area contributed by atoms with Gasteiger partial charge in [0.15, 0.2) is 0 Å². The molecule has 1 aromatic carbocycles. The van der Waals surface area contributed by atoms with Crippen LogP contribution in [0.1, 0.15) is 36.5 Å². The fourth-order valence-corrected chi connectivity index (χ4v) is 5.67. The summed E-state index contributed by atoms with van der Waals surface area (Å²) in [7, 11) is 0. The fourth-order valence-electron chi connectivity index (χ4n) is 5.56. The summed E-state index contributed by atoms with van der Waals surface area (Å²) in [6.45, 7) is 1.89. The lowest BCUT2D eigenvalue weighted by Crippen LogP contribution is -2.33. The van der Waals surface area contributed by atoms with Crippen LogP contribution in [0.4, 0.5) is 0 Å². The van der Waals surface area contributed by atoms with E-state index in [4.69, 9.17) is 21.1 Å². The summed E-state index contributed by atoms with van der Waals surface area (Å²) in [5.74, 6) is -0.0464. The number of rotatable bonds is 5. The van der Waals surface area contributed by atoms with Gasteiger partial charge in [0.05, 0.1) is 45.6 Å². The second-order valence-electron chi connectivity index (χ2n) is 9.21. The molecule has 182 valence electrons. The van der Waals surface area contributed by atoms with E-state index in [9.17, 15) is 20.6 Å². The van der Waals surface area contributed by atoms with Crippen LogP contribution in [0.3, 0.4) is 0 Å². The number of ether oxygens (including phenoxy) is 2. The topological polar surface area (TPSA) is 134 Å². The third-order valence-electron chi connectivity index (χ3n) is 7.20. The molecule has 3 atom stereocenters. The van der Waals surface area contributed by atoms with Gasteiger partial charge in [-0.05, 0) is 37.3 Å². The van der Waals surface area contributed by atoms with E-state index < -0.39 is 17.3 Å². The lowest BCUT2D eigenvalue weighted by Gasteiger charge is -2.26. The first kappa shape index (κ1) is 22.6. The van der Waals surface area contributed by atoms with E-state index in [0.717, 1.165) is 0 Å². The van der Waals surface area contributed by atoms with E-state index in [1.54, 1.807) is 49.5 Å². The van der Waals surface area contributed by atoms with Crippen molar-refractivity contribution in [2.45, 2.75) is 37.1 Å². The highest BCUT2D eigenvalue weighted by atomic mass is 35.5. The molecular formula is C26H21ClN4O5. The molecule has 1 saturated heterocycles. The van der Waals surface area contributed by atoms with Gasteiger partial charge < -0.3 is 24.8 Å². The number of nitrogens with zero attached hydrogens (tertiary/aromatic N) is 4. The largest absolute Gasteiger partial charge is 0.494 e. The number of nitriles is 1. The smallest absolute Gasteiger partial charge is 0.213 e. The summed E-state index contributed by atoms with van der Waals surface area (Å²) >= 11 is 5.89. The number of hydrogen-bond acceptors (Lipinski definition) is 8. The second-order valence-corrected chi connectivity index (χ2v) is 9.65. The van der Waals surface area contributed by atoms with E-state index in [2.05, 4.69) is 16.0 Å². The SMILES string of the molecule is C[C@]12O[C@](CCOc3ccc(Cl)cn3)(CC1O)c1c2c(O)n(-c2ccc(C#N)c3ncccc23)c1O. The quantitative estimate of drug-likeness (QED) is 0.371. The zero-order chi connectivity index (χ0) is 25.2. The molecule has 2 bridgehead atoms. The van der Waals surface area contributed by atoms with Gasteiger partial charge in [-0.25, -0.2) is 4.98 Å². The molecule has 4 aromatic rings. The van der Waals surface area contributed by atoms with Crippen LogP contribution >= 0.6 is 11.6 Å². The normalized spacial score (nSPS) is 24.1. The van der Waals surface area contributed by atoms with Crippen molar-refractivity contribution in [3.63, 3.8) is 0 Å². The van der Waals surface area contributed by atoms with E-state index in [0.29, 0.717) is 50.6 Å². The number of aliphatic hydroxyl groups excluding tert-OH is 1. The van der Waals surface area contributed by atoms with Crippen LogP contribution in [0, 0.1) is 11.3 Å². The Hall–Kier alpha value is -3.84. The highest BCUT2D eigenvalue weighted by molar-refractivity contribution is 6.30. The first-order chi connectivity index (χ1) is 17.3. The van der Waals surface area contributed by atoms with Gasteiger partial charge in [0.2, 0.25) is 17.6 Å². The number of fused-ring (bicyclic) bond motifs is 6. The van der Waals surface area contributed by atoms with Crippen molar-refractivity contribution < 1.29 is 24.8 Å². The highest BCUT2D eigenvalue weighted by Gasteiger charge is 2.66. The minimum atomic E-state index is -1.22. The number of hydrogen-bond donors (Lipinski definition) is 3. The Bertz CT molecular complexity index is 1560. The molecule has 2 aliphatic rings. The van der Waals surface area contributed by atoms with Gasteiger partial charge >= 0.3 is 0 Å². The van der Waals surface area contributed by atoms with Gasteiger partial charge in [-0.3, -0.25) is 9.55 Å². The maximum Gasteiger partial charge on any atom is 0.213 e. The first-order valence-corrected chi connectivity index (χ1v) is 11.8. The number of aromatic nitrogens is 3. The number of halogens is 1. The number of aromatic hydroxyl groups is 2. The Balaban J connectivity index is 1.45. The van der Waals surface area contributed by atoms with Gasteiger partial charge in [-0.15, -0.1) is 0 Å². The van der Waals surface area contributed by atoms with Gasteiger partial charge in [0.1, 0.15) is 17.3 Å². The lowest BCUT2D eigenvalue weighted by atomic mass is 9.76. The van der Waals surface area contributed by atoms with Crippen molar-refractivity contribution in [1.29, 1.82) is 5.26 Å². The molecule has 36 heavy (non-hydrogen) atoms. The minimum absolute atomic E-state index is 0.186. The minimum Gasteiger partial charge on any atom is -0.494 e. The first-order valence-electron chi connectivity index (χ1n) is 11.4. The molecule has 3 N–H and O–H groups in total. The average molecular weight is 505 g/mol. The van der Waals surface area contributed by atoms with Crippen LogP contribution in [-0.2, 0) is 15.9 Å². The van der Waals surface area contributed by atoms with Crippen molar-refractivity contribution in [1.82, 2.24) is 14.5 Å². The summed E-state index contributed by atoms with van der Waals surface area (Å²) in [6.07, 6.45) is 2.68. The molecule has 5 heterocycles. The molecule has 0 radical (unpaired) electrons. The Labute approximate surface area is 210 Å². The van der Waals surface area contributed by atoms with Gasteiger partial charge in [-0.1, -0.05) is 11.6 Å². The maximum absolute atomic E-state index is 11.5. The molecule has 10 heteroatoms. The van der Waals surface area contributed by atoms with Crippen LogP contribution in [0.25, 0.3) is 16.6 Å². The van der Waals surface area contributed by atoms with Crippen LogP contribution in [0.5, 0.6) is 17.6 Å². The van der Waals surface area contributed by atoms with Gasteiger partial charge in [0.25, 0.3) is 0 Å². The van der Waals surface area contributed by atoms with E-state index in [1.807, 2.05) is 0 Å². The number of benzene rings is 1. The Kier molecular flexibility index (Phi) is 4.92. The van der Waals surface area contributed by atoms with Crippen molar-refractivity contribution in [3.8, 4) is 29.4 Å². The Morgan fingerprint density at radius 1 is 1.19 bits per heavy atom. The van der Waals surface area contributed by atoms with Crippen molar-refractivity contribution in [2.75, 3.05) is 6.61 Å². The van der Waals surface area contributed by atoms with Crippen LogP contribution in [0.2, 0.25) is 5.02 Å². The van der Waals surface area contributed by atoms with Crippen molar-refractivity contribution in [3.05, 3.63) is 70.5 Å². The van der Waals surface area contributed by atoms with E-state index in [-0.39, 0.29) is 24.8 Å². The molecule has 0 saturated carbocycles. The summed E-state index contributed by atoms with van der Waals surface area (Å²) < 4.78 is 13.4. The number of pyridine rings is 2. The Morgan fingerprint density at radius 3 is 2.75 bits per heavy atom. The molecule has 1 unspecified atom stereocenters. The second kappa shape index (κ2) is 7.83.